The molecule has 19 heavy (non-hydrogen) atoms. The quantitative estimate of drug-likeness (QED) is 0.728. The summed E-state index contributed by atoms with van der Waals surface area (Å²) in [5.41, 5.74) is 2.10. The van der Waals surface area contributed by atoms with Crippen LogP contribution in [0.1, 0.15) is 5.56 Å². The van der Waals surface area contributed by atoms with Crippen LogP contribution in [-0.4, -0.2) is 16.5 Å². The van der Waals surface area contributed by atoms with Crippen molar-refractivity contribution in [1.29, 1.82) is 0 Å². The number of methoxy groups -OCH3 is 1. The third-order valence-electron chi connectivity index (χ3n) is 2.83. The summed E-state index contributed by atoms with van der Waals surface area (Å²) in [6.45, 7) is 2.02. The van der Waals surface area contributed by atoms with Crippen molar-refractivity contribution in [1.82, 2.24) is 9.36 Å². The predicted molar refractivity (Wildman–Crippen MR) is 74.3 cm³/mol. The van der Waals surface area contributed by atoms with Gasteiger partial charge in [0.05, 0.1) is 13.4 Å². The van der Waals surface area contributed by atoms with E-state index in [1.807, 2.05) is 37.3 Å². The summed E-state index contributed by atoms with van der Waals surface area (Å²) in [5, 5.41) is 0.787. The Morgan fingerprint density at radius 1 is 1.26 bits per heavy atom. The lowest BCUT2D eigenvalue weighted by Crippen LogP contribution is -1.88. The van der Waals surface area contributed by atoms with Gasteiger partial charge in [0.2, 0.25) is 0 Å². The van der Waals surface area contributed by atoms with Gasteiger partial charge in [-0.1, -0.05) is 0 Å². The topological polar surface area (TPSA) is 48.2 Å². The Bertz CT molecular complexity index is 689. The Morgan fingerprint density at radius 3 is 2.84 bits per heavy atom. The van der Waals surface area contributed by atoms with Gasteiger partial charge in [0.1, 0.15) is 5.75 Å². The molecular formula is C14H12N2O2S. The van der Waals surface area contributed by atoms with Crippen molar-refractivity contribution in [3.63, 3.8) is 0 Å². The fourth-order valence-electron chi connectivity index (χ4n) is 1.85. The maximum atomic E-state index is 5.32. The highest BCUT2D eigenvalue weighted by molar-refractivity contribution is 7.09. The standard InChI is InChI=1S/C14H12N2O2S/c1-9-8-10(17-2)5-6-11(9)13-15-14(19-16-13)12-4-3-7-18-12/h3-8H,1-2H3. The van der Waals surface area contributed by atoms with E-state index in [1.165, 1.54) is 11.5 Å². The summed E-state index contributed by atoms with van der Waals surface area (Å²) in [5.74, 6) is 2.30. The van der Waals surface area contributed by atoms with Crippen LogP contribution in [0.5, 0.6) is 5.75 Å². The smallest absolute Gasteiger partial charge is 0.179 e. The number of aryl methyl sites for hydroxylation is 1. The number of hydrogen-bond donors (Lipinski definition) is 0. The van der Waals surface area contributed by atoms with Gasteiger partial charge in [-0.3, -0.25) is 0 Å². The van der Waals surface area contributed by atoms with Crippen LogP contribution in [0.25, 0.3) is 22.2 Å². The predicted octanol–water partition coefficient (Wildman–Crippen LogP) is 3.78. The third kappa shape index (κ3) is 2.24. The molecule has 4 nitrogen and oxygen atoms in total. The molecule has 0 unspecified atom stereocenters. The van der Waals surface area contributed by atoms with Gasteiger partial charge in [0.15, 0.2) is 16.6 Å². The van der Waals surface area contributed by atoms with Crippen molar-refractivity contribution < 1.29 is 9.15 Å². The van der Waals surface area contributed by atoms with Gasteiger partial charge in [-0.15, -0.1) is 0 Å². The van der Waals surface area contributed by atoms with Crippen molar-refractivity contribution in [2.45, 2.75) is 6.92 Å². The molecule has 0 atom stereocenters. The van der Waals surface area contributed by atoms with E-state index in [4.69, 9.17) is 9.15 Å². The van der Waals surface area contributed by atoms with Crippen LogP contribution in [0, 0.1) is 6.92 Å². The Hall–Kier alpha value is -2.14. The first kappa shape index (κ1) is 11.9. The molecule has 0 radical (unpaired) electrons. The second-order valence-electron chi connectivity index (χ2n) is 4.08. The molecule has 0 saturated carbocycles. The fourth-order valence-corrected chi connectivity index (χ4v) is 2.49. The normalized spacial score (nSPS) is 10.6. The molecule has 3 rings (SSSR count). The highest BCUT2D eigenvalue weighted by atomic mass is 32.1. The van der Waals surface area contributed by atoms with E-state index < -0.39 is 0 Å². The molecule has 0 amide bonds. The SMILES string of the molecule is COc1ccc(-c2nsc(-c3ccco3)n2)c(C)c1. The van der Waals surface area contributed by atoms with E-state index in [9.17, 15) is 0 Å². The van der Waals surface area contributed by atoms with Gasteiger partial charge >= 0.3 is 0 Å². The lowest BCUT2D eigenvalue weighted by molar-refractivity contribution is 0.414. The summed E-state index contributed by atoms with van der Waals surface area (Å²) >= 11 is 1.33. The zero-order chi connectivity index (χ0) is 13.2. The molecule has 0 aliphatic heterocycles. The minimum absolute atomic E-state index is 0.719. The van der Waals surface area contributed by atoms with Crippen LogP contribution in [0.4, 0.5) is 0 Å². The summed E-state index contributed by atoms with van der Waals surface area (Å²) in [6, 6.07) is 9.58. The Labute approximate surface area is 114 Å². The molecule has 0 aliphatic rings. The molecule has 96 valence electrons. The summed E-state index contributed by atoms with van der Waals surface area (Å²) in [4.78, 5) is 4.51. The van der Waals surface area contributed by atoms with Crippen LogP contribution in [-0.2, 0) is 0 Å². The van der Waals surface area contributed by atoms with Crippen LogP contribution in [0.2, 0.25) is 0 Å². The monoisotopic (exact) mass is 272 g/mol. The molecule has 0 aliphatic carbocycles. The molecule has 3 aromatic rings. The summed E-state index contributed by atoms with van der Waals surface area (Å²) in [6.07, 6.45) is 1.63. The largest absolute Gasteiger partial charge is 0.497 e. The Balaban J connectivity index is 1.99. The van der Waals surface area contributed by atoms with E-state index in [2.05, 4.69) is 9.36 Å². The van der Waals surface area contributed by atoms with Crippen molar-refractivity contribution in [2.75, 3.05) is 7.11 Å². The number of ether oxygens (including phenoxy) is 1. The average molecular weight is 272 g/mol. The molecule has 0 fully saturated rings. The number of hydrogen-bond acceptors (Lipinski definition) is 5. The van der Waals surface area contributed by atoms with Gasteiger partial charge < -0.3 is 9.15 Å². The number of rotatable bonds is 3. The van der Waals surface area contributed by atoms with Crippen molar-refractivity contribution >= 4 is 11.5 Å². The molecule has 1 aromatic carbocycles. The maximum Gasteiger partial charge on any atom is 0.179 e. The highest BCUT2D eigenvalue weighted by Gasteiger charge is 2.12. The summed E-state index contributed by atoms with van der Waals surface area (Å²) in [7, 11) is 1.66. The zero-order valence-electron chi connectivity index (χ0n) is 10.6. The molecule has 0 saturated heterocycles. The summed E-state index contributed by atoms with van der Waals surface area (Å²) < 4.78 is 14.9. The first-order valence-electron chi connectivity index (χ1n) is 5.80. The van der Waals surface area contributed by atoms with E-state index in [0.717, 1.165) is 33.5 Å². The molecule has 2 heterocycles. The van der Waals surface area contributed by atoms with Gasteiger partial charge in [-0.25, -0.2) is 4.98 Å². The highest BCUT2D eigenvalue weighted by Crippen LogP contribution is 2.29. The van der Waals surface area contributed by atoms with E-state index >= 15 is 0 Å². The van der Waals surface area contributed by atoms with Crippen LogP contribution >= 0.6 is 11.5 Å². The first-order valence-corrected chi connectivity index (χ1v) is 6.58. The molecule has 5 heteroatoms. The van der Waals surface area contributed by atoms with Crippen LogP contribution in [0.15, 0.2) is 41.0 Å². The minimum Gasteiger partial charge on any atom is -0.497 e. The van der Waals surface area contributed by atoms with E-state index in [-0.39, 0.29) is 0 Å². The Morgan fingerprint density at radius 2 is 2.16 bits per heavy atom. The molecule has 0 N–H and O–H groups in total. The zero-order valence-corrected chi connectivity index (χ0v) is 11.4. The van der Waals surface area contributed by atoms with Gasteiger partial charge in [-0.2, -0.15) is 4.37 Å². The maximum absolute atomic E-state index is 5.32. The molecule has 0 spiro atoms. The minimum atomic E-state index is 0.719. The molecule has 0 bridgehead atoms. The van der Waals surface area contributed by atoms with Crippen molar-refractivity contribution in [3.05, 3.63) is 42.2 Å². The number of benzene rings is 1. The van der Waals surface area contributed by atoms with Gasteiger partial charge in [0, 0.05) is 5.56 Å². The first-order chi connectivity index (χ1) is 9.28. The number of furan rings is 1. The van der Waals surface area contributed by atoms with Crippen molar-refractivity contribution in [3.8, 4) is 27.9 Å². The van der Waals surface area contributed by atoms with E-state index in [0.29, 0.717) is 0 Å². The second kappa shape index (κ2) is 4.85. The lowest BCUT2D eigenvalue weighted by Gasteiger charge is -2.04. The van der Waals surface area contributed by atoms with Crippen molar-refractivity contribution in [2.24, 2.45) is 0 Å². The molecule has 2 aromatic heterocycles. The number of aromatic nitrogens is 2. The Kier molecular flexibility index (Phi) is 3.05. The van der Waals surface area contributed by atoms with Crippen LogP contribution < -0.4 is 4.74 Å². The number of nitrogens with zero attached hydrogens (tertiary/aromatic N) is 2. The average Bonchev–Trinajstić information content (AvgIpc) is 3.09. The second-order valence-corrected chi connectivity index (χ2v) is 4.83. The molecular weight excluding hydrogens is 260 g/mol. The fraction of sp³-hybridized carbons (Fsp3) is 0.143. The third-order valence-corrected chi connectivity index (χ3v) is 3.56. The van der Waals surface area contributed by atoms with Crippen LogP contribution in [0.3, 0.4) is 0 Å². The van der Waals surface area contributed by atoms with E-state index in [1.54, 1.807) is 13.4 Å². The van der Waals surface area contributed by atoms with Gasteiger partial charge in [-0.05, 0) is 54.4 Å². The lowest BCUT2D eigenvalue weighted by atomic mass is 10.1. The van der Waals surface area contributed by atoms with Gasteiger partial charge in [0.25, 0.3) is 0 Å².